The summed E-state index contributed by atoms with van der Waals surface area (Å²) in [5.41, 5.74) is 0. The fourth-order valence-corrected chi connectivity index (χ4v) is 6.76. The maximum absolute atomic E-state index is 6.48. The van der Waals surface area contributed by atoms with Crippen LogP contribution in [-0.4, -0.2) is 37.3 Å². The van der Waals surface area contributed by atoms with E-state index in [9.17, 15) is 0 Å². The van der Waals surface area contributed by atoms with Crippen LogP contribution in [0.25, 0.3) is 0 Å². The van der Waals surface area contributed by atoms with E-state index in [0.29, 0.717) is 15.9 Å². The Morgan fingerprint density at radius 1 is 1.17 bits per heavy atom. The van der Waals surface area contributed by atoms with Crippen LogP contribution >= 0.6 is 22.6 Å². The summed E-state index contributed by atoms with van der Waals surface area (Å²) in [6, 6.07) is 0. The van der Waals surface area contributed by atoms with Crippen molar-refractivity contribution < 1.29 is 13.9 Å². The summed E-state index contributed by atoms with van der Waals surface area (Å²) < 4.78 is 19.4. The van der Waals surface area contributed by atoms with E-state index in [1.54, 1.807) is 0 Å². The molecule has 1 saturated heterocycles. The second kappa shape index (κ2) is 8.68. The van der Waals surface area contributed by atoms with Gasteiger partial charge in [0, 0.05) is 0 Å². The predicted octanol–water partition coefficient (Wildman–Crippen LogP) is 5.91. The molecule has 2 aliphatic rings. The highest BCUT2D eigenvalue weighted by molar-refractivity contribution is 14.1. The van der Waals surface area contributed by atoms with Gasteiger partial charge in [-0.2, -0.15) is 0 Å². The van der Waals surface area contributed by atoms with Crippen LogP contribution in [0.2, 0.25) is 18.1 Å². The van der Waals surface area contributed by atoms with E-state index in [4.69, 9.17) is 13.9 Å². The number of hydrogen-bond donors (Lipinski definition) is 0. The largest absolute Gasteiger partial charge is 0.414 e. The van der Waals surface area contributed by atoms with Crippen LogP contribution in [0.3, 0.4) is 0 Å². The Balaban J connectivity index is 1.82. The fourth-order valence-electron chi connectivity index (χ4n) is 3.49. The summed E-state index contributed by atoms with van der Waals surface area (Å²) >= 11 is 2.50. The summed E-state index contributed by atoms with van der Waals surface area (Å²) in [6.07, 6.45) is 7.98. The van der Waals surface area contributed by atoms with Gasteiger partial charge in [0.15, 0.2) is 14.6 Å². The second-order valence-electron chi connectivity index (χ2n) is 8.97. The molecular weight excluding hydrogens is 431 g/mol. The highest BCUT2D eigenvalue weighted by Gasteiger charge is 2.44. The lowest BCUT2D eigenvalue weighted by Crippen LogP contribution is -2.46. The third-order valence-electron chi connectivity index (χ3n) is 6.61. The summed E-state index contributed by atoms with van der Waals surface area (Å²) in [6.45, 7) is 14.7. The standard InChI is InChI=1S/C19H37IO3Si/c1-14(2)19(3,4)24(5,6)21-13-16-12-17(20)18(23-16)22-15-10-8-7-9-11-15/h14-18H,7-13H2,1-6H3/t16-,17+,18-/m0/s1. The molecule has 2 fully saturated rings. The lowest BCUT2D eigenvalue weighted by molar-refractivity contribution is -0.168. The molecule has 1 aliphatic heterocycles. The molecule has 3 nitrogen and oxygen atoms in total. The van der Waals surface area contributed by atoms with Crippen LogP contribution in [0, 0.1) is 5.92 Å². The van der Waals surface area contributed by atoms with Gasteiger partial charge in [-0.1, -0.05) is 69.5 Å². The smallest absolute Gasteiger partial charge is 0.192 e. The molecule has 1 saturated carbocycles. The fraction of sp³-hybridized carbons (Fsp3) is 1.00. The molecule has 2 rings (SSSR count). The Morgan fingerprint density at radius 2 is 1.79 bits per heavy atom. The van der Waals surface area contributed by atoms with E-state index in [1.165, 1.54) is 32.1 Å². The topological polar surface area (TPSA) is 27.7 Å². The molecule has 0 N–H and O–H groups in total. The Kier molecular flexibility index (Phi) is 7.64. The van der Waals surface area contributed by atoms with E-state index >= 15 is 0 Å². The van der Waals surface area contributed by atoms with Crippen LogP contribution in [0.4, 0.5) is 0 Å². The summed E-state index contributed by atoms with van der Waals surface area (Å²) in [4.78, 5) is 0. The van der Waals surface area contributed by atoms with Crippen molar-refractivity contribution >= 4 is 30.9 Å². The van der Waals surface area contributed by atoms with Gasteiger partial charge in [0.1, 0.15) is 0 Å². The zero-order valence-corrected chi connectivity index (χ0v) is 19.6. The van der Waals surface area contributed by atoms with Gasteiger partial charge in [-0.3, -0.25) is 0 Å². The molecule has 1 aliphatic carbocycles. The molecule has 1 heterocycles. The molecule has 0 aromatic carbocycles. The Hall–Kier alpha value is 0.827. The first kappa shape index (κ1) is 21.1. The molecule has 5 heteroatoms. The van der Waals surface area contributed by atoms with E-state index < -0.39 is 8.32 Å². The van der Waals surface area contributed by atoms with Crippen LogP contribution in [-0.2, 0) is 13.9 Å². The van der Waals surface area contributed by atoms with Crippen molar-refractivity contribution in [1.82, 2.24) is 0 Å². The first-order valence-electron chi connectivity index (χ1n) is 9.72. The van der Waals surface area contributed by atoms with Crippen molar-refractivity contribution in [3.63, 3.8) is 0 Å². The molecule has 0 aromatic heterocycles. The molecule has 0 radical (unpaired) electrons. The number of halogens is 1. The molecule has 3 atom stereocenters. The highest BCUT2D eigenvalue weighted by atomic mass is 127. The summed E-state index contributed by atoms with van der Waals surface area (Å²) in [5, 5.41) is 0.257. The maximum atomic E-state index is 6.48. The lowest BCUT2D eigenvalue weighted by atomic mass is 9.98. The second-order valence-corrected chi connectivity index (χ2v) is 15.2. The maximum Gasteiger partial charge on any atom is 0.192 e. The Morgan fingerprint density at radius 3 is 2.38 bits per heavy atom. The number of hydrogen-bond acceptors (Lipinski definition) is 3. The predicted molar refractivity (Wildman–Crippen MR) is 111 cm³/mol. The lowest BCUT2D eigenvalue weighted by Gasteiger charge is -2.42. The number of ether oxygens (including phenoxy) is 2. The molecular formula is C19H37IO3Si. The quantitative estimate of drug-likeness (QED) is 0.264. The zero-order valence-electron chi connectivity index (χ0n) is 16.4. The van der Waals surface area contributed by atoms with Gasteiger partial charge >= 0.3 is 0 Å². The van der Waals surface area contributed by atoms with Crippen LogP contribution in [0.5, 0.6) is 0 Å². The minimum atomic E-state index is -1.77. The zero-order chi connectivity index (χ0) is 18.0. The van der Waals surface area contributed by atoms with Gasteiger partial charge in [-0.25, -0.2) is 0 Å². The van der Waals surface area contributed by atoms with E-state index in [-0.39, 0.29) is 17.4 Å². The SMILES string of the molecule is CC(C)C(C)(C)[Si](C)(C)OC[C@@H]1C[C@@H](I)[C@@H](OC2CCCCC2)O1. The molecule has 0 spiro atoms. The van der Waals surface area contributed by atoms with Crippen molar-refractivity contribution in [2.24, 2.45) is 5.92 Å². The third-order valence-corrected chi connectivity index (χ3v) is 12.3. The van der Waals surface area contributed by atoms with Crippen molar-refractivity contribution in [3.8, 4) is 0 Å². The van der Waals surface area contributed by atoms with Gasteiger partial charge in [0.05, 0.1) is 22.7 Å². The van der Waals surface area contributed by atoms with Crippen molar-refractivity contribution in [3.05, 3.63) is 0 Å². The van der Waals surface area contributed by atoms with Gasteiger partial charge in [0.25, 0.3) is 0 Å². The molecule has 0 amide bonds. The molecule has 0 unspecified atom stereocenters. The Labute approximate surface area is 163 Å². The molecule has 0 bridgehead atoms. The van der Waals surface area contributed by atoms with E-state index in [2.05, 4.69) is 63.4 Å². The van der Waals surface area contributed by atoms with Crippen LogP contribution in [0.1, 0.15) is 66.2 Å². The van der Waals surface area contributed by atoms with Crippen molar-refractivity contribution in [2.75, 3.05) is 6.61 Å². The monoisotopic (exact) mass is 468 g/mol. The minimum Gasteiger partial charge on any atom is -0.414 e. The van der Waals surface area contributed by atoms with Gasteiger partial charge in [0.2, 0.25) is 0 Å². The molecule has 0 aromatic rings. The average molecular weight is 468 g/mol. The average Bonchev–Trinajstić information content (AvgIpc) is 2.86. The normalized spacial score (nSPS) is 30.2. The highest BCUT2D eigenvalue weighted by Crippen LogP contribution is 2.45. The van der Waals surface area contributed by atoms with Crippen LogP contribution in [0.15, 0.2) is 0 Å². The Bertz CT molecular complexity index is 394. The first-order chi connectivity index (χ1) is 11.1. The summed E-state index contributed by atoms with van der Waals surface area (Å²) in [7, 11) is -1.77. The first-order valence-corrected chi connectivity index (χ1v) is 13.9. The number of rotatable bonds is 7. The molecule has 24 heavy (non-hydrogen) atoms. The van der Waals surface area contributed by atoms with Crippen LogP contribution < -0.4 is 0 Å². The third kappa shape index (κ3) is 5.18. The minimum absolute atomic E-state index is 0.0369. The number of alkyl halides is 1. The van der Waals surface area contributed by atoms with E-state index in [1.807, 2.05) is 0 Å². The van der Waals surface area contributed by atoms with E-state index in [0.717, 1.165) is 13.0 Å². The van der Waals surface area contributed by atoms with Crippen molar-refractivity contribution in [1.29, 1.82) is 0 Å². The van der Waals surface area contributed by atoms with Crippen molar-refractivity contribution in [2.45, 2.75) is 107 Å². The van der Waals surface area contributed by atoms with Gasteiger partial charge in [-0.15, -0.1) is 0 Å². The summed E-state index contributed by atoms with van der Waals surface area (Å²) in [5.74, 6) is 0.628. The van der Waals surface area contributed by atoms with Gasteiger partial charge in [-0.05, 0) is 43.3 Å². The van der Waals surface area contributed by atoms with Gasteiger partial charge < -0.3 is 13.9 Å². The molecule has 142 valence electrons.